The van der Waals surface area contributed by atoms with Gasteiger partial charge in [-0.2, -0.15) is 5.26 Å². The Hall–Kier alpha value is -3.30. The van der Waals surface area contributed by atoms with Crippen LogP contribution in [0.2, 0.25) is 0 Å². The topological polar surface area (TPSA) is 88.3 Å². The average Bonchev–Trinajstić information content (AvgIpc) is 3.64. The molecule has 4 aromatic rings. The summed E-state index contributed by atoms with van der Waals surface area (Å²) in [6.07, 6.45) is 4.88. The SMILES string of the molecule is CCc1cc2c(NC3CCN(Cc4ccc5c(cc(C#N)n5CCN5CCN(C(=S)NC)CC5)c4C)CC3)ncnc2s1. The lowest BCUT2D eigenvalue weighted by Crippen LogP contribution is -2.51. The first-order valence-corrected chi connectivity index (χ1v) is 16.6. The molecule has 0 radical (unpaired) electrons. The Kier molecular flexibility index (Phi) is 9.09. The van der Waals surface area contributed by atoms with Crippen molar-refractivity contribution in [2.45, 2.75) is 52.2 Å². The van der Waals surface area contributed by atoms with Gasteiger partial charge < -0.3 is 20.1 Å². The van der Waals surface area contributed by atoms with Crippen molar-refractivity contribution in [3.8, 4) is 6.07 Å². The summed E-state index contributed by atoms with van der Waals surface area (Å²) in [7, 11) is 1.88. The van der Waals surface area contributed by atoms with Gasteiger partial charge in [-0.25, -0.2) is 9.97 Å². The summed E-state index contributed by atoms with van der Waals surface area (Å²) in [5.74, 6) is 0.971. The molecule has 0 atom stereocenters. The number of nitriles is 1. The van der Waals surface area contributed by atoms with Gasteiger partial charge in [0.2, 0.25) is 0 Å². The Balaban J connectivity index is 1.07. The number of hydrogen-bond donors (Lipinski definition) is 2. The number of thiocarbonyl (C=S) groups is 1. The molecule has 0 saturated carbocycles. The van der Waals surface area contributed by atoms with E-state index < -0.39 is 0 Å². The molecule has 0 bridgehead atoms. The van der Waals surface area contributed by atoms with Gasteiger partial charge in [0.15, 0.2) is 5.11 Å². The second kappa shape index (κ2) is 13.1. The molecule has 5 heterocycles. The first kappa shape index (κ1) is 29.8. The molecule has 2 saturated heterocycles. The fraction of sp³-hybridized carbons (Fsp3) is 0.500. The van der Waals surface area contributed by atoms with Gasteiger partial charge in [0.25, 0.3) is 0 Å². The van der Waals surface area contributed by atoms with Crippen LogP contribution in [-0.2, 0) is 19.5 Å². The van der Waals surface area contributed by atoms with Gasteiger partial charge in [-0.1, -0.05) is 13.0 Å². The van der Waals surface area contributed by atoms with Crippen LogP contribution in [0.1, 0.15) is 41.5 Å². The number of piperazine rings is 1. The third-order valence-electron chi connectivity index (χ3n) is 9.15. The van der Waals surface area contributed by atoms with Crippen molar-refractivity contribution in [1.82, 2.24) is 34.6 Å². The van der Waals surface area contributed by atoms with E-state index in [1.165, 1.54) is 21.4 Å². The van der Waals surface area contributed by atoms with E-state index >= 15 is 0 Å². The molecule has 0 unspecified atom stereocenters. The smallest absolute Gasteiger partial charge is 0.168 e. The number of nitrogens with zero attached hydrogens (tertiary/aromatic N) is 7. The largest absolute Gasteiger partial charge is 0.367 e. The Labute approximate surface area is 263 Å². The van der Waals surface area contributed by atoms with Crippen LogP contribution in [0.15, 0.2) is 30.6 Å². The third-order valence-corrected chi connectivity index (χ3v) is 10.8. The first-order valence-electron chi connectivity index (χ1n) is 15.4. The molecule has 2 aliphatic heterocycles. The van der Waals surface area contributed by atoms with Gasteiger partial charge in [-0.15, -0.1) is 11.3 Å². The van der Waals surface area contributed by atoms with E-state index in [2.05, 4.69) is 84.1 Å². The summed E-state index contributed by atoms with van der Waals surface area (Å²) in [6.45, 7) is 13.0. The van der Waals surface area contributed by atoms with Gasteiger partial charge in [0, 0.05) is 87.8 Å². The standard InChI is InChI=1S/C32H41N9S2/c1-4-26-18-28-30(35-21-36-31(28)43-26)37-24-7-9-39(10-8-24)20-23-5-6-29-27(22(23)2)17-25(19-33)41(29)16-13-38-11-14-40(15-12-38)32(42)34-3/h5-6,17-18,21,24H,4,7-16,20H2,1-3H3,(H,34,42)(H,35,36,37). The molecule has 3 aromatic heterocycles. The minimum absolute atomic E-state index is 0.415. The van der Waals surface area contributed by atoms with Crippen molar-refractivity contribution in [1.29, 1.82) is 5.26 Å². The highest BCUT2D eigenvalue weighted by Gasteiger charge is 2.23. The van der Waals surface area contributed by atoms with E-state index in [0.29, 0.717) is 6.04 Å². The Morgan fingerprint density at radius 3 is 2.56 bits per heavy atom. The summed E-state index contributed by atoms with van der Waals surface area (Å²) in [6, 6.07) is 11.7. The van der Waals surface area contributed by atoms with E-state index in [9.17, 15) is 5.26 Å². The molecular weight excluding hydrogens is 575 g/mol. The number of thiophene rings is 1. The summed E-state index contributed by atoms with van der Waals surface area (Å²) in [5.41, 5.74) is 4.54. The van der Waals surface area contributed by atoms with Gasteiger partial charge in [-0.3, -0.25) is 9.80 Å². The highest BCUT2D eigenvalue weighted by molar-refractivity contribution is 7.80. The number of fused-ring (bicyclic) bond motifs is 2. The predicted molar refractivity (Wildman–Crippen MR) is 180 cm³/mol. The van der Waals surface area contributed by atoms with Crippen LogP contribution in [0, 0.1) is 18.3 Å². The van der Waals surface area contributed by atoms with Gasteiger partial charge in [0.1, 0.15) is 28.7 Å². The van der Waals surface area contributed by atoms with E-state index in [0.717, 1.165) is 111 Å². The van der Waals surface area contributed by atoms with Crippen LogP contribution in [-0.4, -0.2) is 93.3 Å². The molecule has 226 valence electrons. The van der Waals surface area contributed by atoms with E-state index in [1.54, 1.807) is 17.7 Å². The summed E-state index contributed by atoms with van der Waals surface area (Å²) in [5, 5.41) is 19.9. The quantitative estimate of drug-likeness (QED) is 0.277. The number of likely N-dealkylation sites (tertiary alicyclic amines) is 1. The van der Waals surface area contributed by atoms with Crippen LogP contribution >= 0.6 is 23.6 Å². The molecule has 0 aliphatic carbocycles. The molecule has 9 nitrogen and oxygen atoms in total. The van der Waals surface area contributed by atoms with Crippen molar-refractivity contribution in [3.05, 3.63) is 52.3 Å². The predicted octanol–water partition coefficient (Wildman–Crippen LogP) is 4.59. The van der Waals surface area contributed by atoms with Crippen molar-refractivity contribution in [2.75, 3.05) is 58.2 Å². The molecule has 2 N–H and O–H groups in total. The number of anilines is 1. The normalized spacial score (nSPS) is 17.0. The van der Waals surface area contributed by atoms with Crippen molar-refractivity contribution >= 4 is 55.6 Å². The number of aromatic nitrogens is 3. The monoisotopic (exact) mass is 615 g/mol. The van der Waals surface area contributed by atoms with Gasteiger partial charge >= 0.3 is 0 Å². The van der Waals surface area contributed by atoms with Gasteiger partial charge in [0.05, 0.1) is 5.39 Å². The fourth-order valence-electron chi connectivity index (χ4n) is 6.46. The number of rotatable bonds is 8. The molecule has 6 rings (SSSR count). The highest BCUT2D eigenvalue weighted by atomic mass is 32.1. The summed E-state index contributed by atoms with van der Waals surface area (Å²) in [4.78, 5) is 18.7. The molecule has 11 heteroatoms. The number of nitrogens with one attached hydrogen (secondary N) is 2. The van der Waals surface area contributed by atoms with Crippen LogP contribution in [0.4, 0.5) is 5.82 Å². The average molecular weight is 616 g/mol. The van der Waals surface area contributed by atoms with Crippen LogP contribution in [0.5, 0.6) is 0 Å². The highest BCUT2D eigenvalue weighted by Crippen LogP contribution is 2.31. The zero-order valence-corrected chi connectivity index (χ0v) is 27.0. The van der Waals surface area contributed by atoms with Crippen LogP contribution in [0.3, 0.4) is 0 Å². The van der Waals surface area contributed by atoms with Crippen LogP contribution < -0.4 is 10.6 Å². The van der Waals surface area contributed by atoms with E-state index in [4.69, 9.17) is 12.2 Å². The maximum atomic E-state index is 9.97. The molecule has 1 aromatic carbocycles. The van der Waals surface area contributed by atoms with Crippen molar-refractivity contribution in [3.63, 3.8) is 0 Å². The van der Waals surface area contributed by atoms with Crippen LogP contribution in [0.25, 0.3) is 21.1 Å². The lowest BCUT2D eigenvalue weighted by molar-refractivity contribution is 0.177. The fourth-order valence-corrected chi connectivity index (χ4v) is 7.58. The molecule has 0 spiro atoms. The minimum Gasteiger partial charge on any atom is -0.367 e. The molecule has 2 aliphatic rings. The number of hydrogen-bond acceptors (Lipinski definition) is 8. The number of benzene rings is 1. The van der Waals surface area contributed by atoms with E-state index in [-0.39, 0.29) is 0 Å². The Bertz CT molecular complexity index is 1640. The minimum atomic E-state index is 0.415. The summed E-state index contributed by atoms with van der Waals surface area (Å²) < 4.78 is 2.20. The first-order chi connectivity index (χ1) is 21.0. The maximum absolute atomic E-state index is 9.97. The lowest BCUT2D eigenvalue weighted by Gasteiger charge is -2.36. The molecule has 43 heavy (non-hydrogen) atoms. The third kappa shape index (κ3) is 6.34. The second-order valence-electron chi connectivity index (χ2n) is 11.7. The zero-order valence-electron chi connectivity index (χ0n) is 25.4. The zero-order chi connectivity index (χ0) is 29.9. The number of piperidine rings is 1. The molecule has 0 amide bonds. The molecular formula is C32H41N9S2. The van der Waals surface area contributed by atoms with E-state index in [1.807, 2.05) is 7.05 Å². The second-order valence-corrected chi connectivity index (χ2v) is 13.2. The number of aryl methyl sites for hydroxylation is 2. The molecule has 2 fully saturated rings. The van der Waals surface area contributed by atoms with Crippen molar-refractivity contribution < 1.29 is 0 Å². The van der Waals surface area contributed by atoms with Gasteiger partial charge in [-0.05, 0) is 67.7 Å². The maximum Gasteiger partial charge on any atom is 0.168 e. The van der Waals surface area contributed by atoms with Crippen molar-refractivity contribution in [2.24, 2.45) is 0 Å². The Morgan fingerprint density at radius 2 is 1.84 bits per heavy atom. The summed E-state index contributed by atoms with van der Waals surface area (Å²) >= 11 is 7.16. The Morgan fingerprint density at radius 1 is 1.05 bits per heavy atom. The lowest BCUT2D eigenvalue weighted by atomic mass is 10.0.